The monoisotopic (exact) mass is 230 g/mol. The molecule has 96 valence electrons. The van der Waals surface area contributed by atoms with Gasteiger partial charge >= 0.3 is 0 Å². The second-order valence-electron chi connectivity index (χ2n) is 4.96. The van der Waals surface area contributed by atoms with Gasteiger partial charge in [0, 0.05) is 32.3 Å². The molecule has 1 fully saturated rings. The summed E-state index contributed by atoms with van der Waals surface area (Å²) in [5.74, 6) is 0. The third-order valence-electron chi connectivity index (χ3n) is 3.06. The Kier molecular flexibility index (Phi) is 6.28. The molecule has 0 aliphatic carbocycles. The molecule has 1 rings (SSSR count). The molecule has 16 heavy (non-hydrogen) atoms. The van der Waals surface area contributed by atoms with Crippen LogP contribution in [-0.4, -0.2) is 61.5 Å². The first-order valence-corrected chi connectivity index (χ1v) is 6.27. The van der Waals surface area contributed by atoms with Crippen LogP contribution in [0.25, 0.3) is 0 Å². The van der Waals surface area contributed by atoms with Crippen molar-refractivity contribution < 1.29 is 9.84 Å². The van der Waals surface area contributed by atoms with Crippen molar-refractivity contribution in [2.24, 2.45) is 0 Å². The summed E-state index contributed by atoms with van der Waals surface area (Å²) in [4.78, 5) is 2.38. The Bertz CT molecular complexity index is 188. The van der Waals surface area contributed by atoms with E-state index < -0.39 is 0 Å². The van der Waals surface area contributed by atoms with Gasteiger partial charge in [0.25, 0.3) is 0 Å². The standard InChI is InChI=1S/C12H26N2O2/c1-10(2)13-11(9-15)7-14-6-4-5-12(8-14)16-3/h10-13,15H,4-9H2,1-3H3. The number of hydrogen-bond donors (Lipinski definition) is 2. The van der Waals surface area contributed by atoms with Crippen LogP contribution in [0.2, 0.25) is 0 Å². The van der Waals surface area contributed by atoms with Crippen LogP contribution in [-0.2, 0) is 4.74 Å². The Morgan fingerprint density at radius 3 is 2.81 bits per heavy atom. The predicted molar refractivity (Wildman–Crippen MR) is 65.6 cm³/mol. The maximum Gasteiger partial charge on any atom is 0.0698 e. The van der Waals surface area contributed by atoms with Gasteiger partial charge in [-0.25, -0.2) is 0 Å². The van der Waals surface area contributed by atoms with Crippen LogP contribution in [0, 0.1) is 0 Å². The first kappa shape index (κ1) is 13.9. The van der Waals surface area contributed by atoms with Crippen LogP contribution >= 0.6 is 0 Å². The third kappa shape index (κ3) is 4.78. The molecule has 1 saturated heterocycles. The van der Waals surface area contributed by atoms with E-state index in [9.17, 15) is 5.11 Å². The van der Waals surface area contributed by atoms with Crippen molar-refractivity contribution in [3.63, 3.8) is 0 Å². The summed E-state index contributed by atoms with van der Waals surface area (Å²) in [6.45, 7) is 7.44. The van der Waals surface area contributed by atoms with Gasteiger partial charge in [-0.2, -0.15) is 0 Å². The normalized spacial score (nSPS) is 24.9. The maximum atomic E-state index is 9.31. The minimum absolute atomic E-state index is 0.176. The number of hydrogen-bond acceptors (Lipinski definition) is 4. The Balaban J connectivity index is 2.33. The molecule has 1 aliphatic rings. The van der Waals surface area contributed by atoms with Crippen molar-refractivity contribution in [2.45, 2.75) is 44.9 Å². The second-order valence-corrected chi connectivity index (χ2v) is 4.96. The van der Waals surface area contributed by atoms with Crippen LogP contribution in [0.3, 0.4) is 0 Å². The van der Waals surface area contributed by atoms with Gasteiger partial charge < -0.3 is 15.2 Å². The number of piperidine rings is 1. The Morgan fingerprint density at radius 1 is 1.50 bits per heavy atom. The van der Waals surface area contributed by atoms with Crippen molar-refractivity contribution in [2.75, 3.05) is 33.4 Å². The number of nitrogens with zero attached hydrogens (tertiary/aromatic N) is 1. The fraction of sp³-hybridized carbons (Fsp3) is 1.00. The van der Waals surface area contributed by atoms with Crippen molar-refractivity contribution in [1.29, 1.82) is 0 Å². The van der Waals surface area contributed by atoms with E-state index in [1.54, 1.807) is 7.11 Å². The van der Waals surface area contributed by atoms with Gasteiger partial charge in [-0.3, -0.25) is 4.90 Å². The molecule has 0 spiro atoms. The van der Waals surface area contributed by atoms with Gasteiger partial charge in [0.15, 0.2) is 0 Å². The van der Waals surface area contributed by atoms with Gasteiger partial charge in [-0.15, -0.1) is 0 Å². The lowest BCUT2D eigenvalue weighted by Crippen LogP contribution is -2.49. The van der Waals surface area contributed by atoms with E-state index in [1.165, 1.54) is 6.42 Å². The number of likely N-dealkylation sites (tertiary alicyclic amines) is 1. The summed E-state index contributed by atoms with van der Waals surface area (Å²) in [7, 11) is 1.78. The molecule has 0 amide bonds. The largest absolute Gasteiger partial charge is 0.395 e. The molecule has 0 radical (unpaired) electrons. The number of rotatable bonds is 6. The molecule has 0 aromatic carbocycles. The fourth-order valence-corrected chi connectivity index (χ4v) is 2.32. The highest BCUT2D eigenvalue weighted by atomic mass is 16.5. The number of aliphatic hydroxyl groups is 1. The number of aliphatic hydroxyl groups excluding tert-OH is 1. The van der Waals surface area contributed by atoms with Crippen molar-refractivity contribution in [3.8, 4) is 0 Å². The van der Waals surface area contributed by atoms with Crippen molar-refractivity contribution in [3.05, 3.63) is 0 Å². The van der Waals surface area contributed by atoms with Gasteiger partial charge in [0.2, 0.25) is 0 Å². The Labute approximate surface area is 99.0 Å². The molecular weight excluding hydrogens is 204 g/mol. The van der Waals surface area contributed by atoms with Gasteiger partial charge in [0.1, 0.15) is 0 Å². The maximum absolute atomic E-state index is 9.31. The zero-order chi connectivity index (χ0) is 12.0. The highest BCUT2D eigenvalue weighted by Crippen LogP contribution is 2.12. The van der Waals surface area contributed by atoms with Crippen molar-refractivity contribution >= 4 is 0 Å². The third-order valence-corrected chi connectivity index (χ3v) is 3.06. The van der Waals surface area contributed by atoms with E-state index in [2.05, 4.69) is 24.1 Å². The van der Waals surface area contributed by atoms with E-state index in [0.717, 1.165) is 26.1 Å². The average Bonchev–Trinajstić information content (AvgIpc) is 2.28. The first-order chi connectivity index (χ1) is 7.65. The molecule has 2 unspecified atom stereocenters. The number of nitrogens with one attached hydrogen (secondary N) is 1. The minimum Gasteiger partial charge on any atom is -0.395 e. The number of methoxy groups -OCH3 is 1. The predicted octanol–water partition coefficient (Wildman–Crippen LogP) is 0.456. The molecule has 0 bridgehead atoms. The average molecular weight is 230 g/mol. The molecule has 0 aromatic rings. The highest BCUT2D eigenvalue weighted by Gasteiger charge is 2.21. The van der Waals surface area contributed by atoms with Crippen LogP contribution in [0.15, 0.2) is 0 Å². The molecule has 2 N–H and O–H groups in total. The summed E-state index contributed by atoms with van der Waals surface area (Å²) >= 11 is 0. The lowest BCUT2D eigenvalue weighted by molar-refractivity contribution is 0.0249. The van der Waals surface area contributed by atoms with Crippen LogP contribution in [0.4, 0.5) is 0 Å². The lowest BCUT2D eigenvalue weighted by Gasteiger charge is -2.34. The second kappa shape index (κ2) is 7.22. The van der Waals surface area contributed by atoms with Crippen LogP contribution < -0.4 is 5.32 Å². The molecule has 0 saturated carbocycles. The van der Waals surface area contributed by atoms with E-state index in [1.807, 2.05) is 0 Å². The number of ether oxygens (including phenoxy) is 1. The summed E-state index contributed by atoms with van der Waals surface area (Å²) in [6, 6.07) is 0.593. The molecule has 0 aromatic heterocycles. The zero-order valence-corrected chi connectivity index (χ0v) is 10.8. The van der Waals surface area contributed by atoms with Gasteiger partial charge in [-0.1, -0.05) is 13.8 Å². The van der Waals surface area contributed by atoms with E-state index in [0.29, 0.717) is 12.1 Å². The summed E-state index contributed by atoms with van der Waals surface area (Å²) in [5, 5.41) is 12.7. The summed E-state index contributed by atoms with van der Waals surface area (Å²) in [5.41, 5.74) is 0. The summed E-state index contributed by atoms with van der Waals surface area (Å²) in [6.07, 6.45) is 2.72. The minimum atomic E-state index is 0.176. The van der Waals surface area contributed by atoms with Crippen molar-refractivity contribution in [1.82, 2.24) is 10.2 Å². The Morgan fingerprint density at radius 2 is 2.25 bits per heavy atom. The van der Waals surface area contributed by atoms with Crippen LogP contribution in [0.1, 0.15) is 26.7 Å². The molecule has 4 heteroatoms. The SMILES string of the molecule is COC1CCCN(CC(CO)NC(C)C)C1. The lowest BCUT2D eigenvalue weighted by atomic mass is 10.1. The highest BCUT2D eigenvalue weighted by molar-refractivity contribution is 4.78. The van der Waals surface area contributed by atoms with E-state index >= 15 is 0 Å². The smallest absolute Gasteiger partial charge is 0.0698 e. The fourth-order valence-electron chi connectivity index (χ4n) is 2.32. The van der Waals surface area contributed by atoms with Crippen LogP contribution in [0.5, 0.6) is 0 Å². The van der Waals surface area contributed by atoms with Gasteiger partial charge in [-0.05, 0) is 19.4 Å². The first-order valence-electron chi connectivity index (χ1n) is 6.27. The van der Waals surface area contributed by atoms with E-state index in [4.69, 9.17) is 4.74 Å². The zero-order valence-electron chi connectivity index (χ0n) is 10.8. The molecule has 4 nitrogen and oxygen atoms in total. The quantitative estimate of drug-likeness (QED) is 0.696. The molecule has 1 heterocycles. The molecule has 1 aliphatic heterocycles. The Hall–Kier alpha value is -0.160. The molecule has 2 atom stereocenters. The topological polar surface area (TPSA) is 44.7 Å². The summed E-state index contributed by atoms with van der Waals surface area (Å²) < 4.78 is 5.39. The van der Waals surface area contributed by atoms with Gasteiger partial charge in [0.05, 0.1) is 12.7 Å². The molecular formula is C12H26N2O2. The van der Waals surface area contributed by atoms with E-state index in [-0.39, 0.29) is 12.6 Å².